The van der Waals surface area contributed by atoms with E-state index >= 15 is 0 Å². The maximum absolute atomic E-state index is 12.1. The molecule has 1 fully saturated rings. The molecular weight excluding hydrogens is 274 g/mol. The predicted octanol–water partition coefficient (Wildman–Crippen LogP) is 1.56. The number of hydrogen-bond donors (Lipinski definition) is 3. The van der Waals surface area contributed by atoms with Gasteiger partial charge < -0.3 is 10.7 Å². The molecule has 1 heterocycles. The second-order valence-electron chi connectivity index (χ2n) is 5.06. The molecule has 7 heteroatoms. The molecule has 1 aliphatic carbocycles. The zero-order valence-electron chi connectivity index (χ0n) is 11.7. The Bertz CT molecular complexity index is 462. The molecule has 0 aliphatic heterocycles. The van der Waals surface area contributed by atoms with Crippen molar-refractivity contribution in [2.45, 2.75) is 36.9 Å². The molecule has 0 bridgehead atoms. The maximum atomic E-state index is 12.1. The van der Waals surface area contributed by atoms with Gasteiger partial charge in [0.1, 0.15) is 5.69 Å². The molecule has 0 aromatic carbocycles. The molecule has 110 valence electrons. The van der Waals surface area contributed by atoms with Crippen LogP contribution >= 0.6 is 11.8 Å². The number of thioether (sulfide) groups is 1. The number of carbonyl (C=O) groups excluding carboxylic acids is 1. The first kappa shape index (κ1) is 15.1. The number of hydrazine groups is 1. The van der Waals surface area contributed by atoms with Crippen LogP contribution in [0.15, 0.2) is 12.4 Å². The van der Waals surface area contributed by atoms with E-state index in [4.69, 9.17) is 5.84 Å². The van der Waals surface area contributed by atoms with Gasteiger partial charge in [-0.3, -0.25) is 9.78 Å². The standard InChI is InChI=1S/C13H21N5OS/c1-20-13(5-3-2-4-6-13)9-16-12(19)10-7-15-8-11(17-10)18-14/h7-8H,2-6,9,14H2,1H3,(H,16,19)(H,17,18). The maximum Gasteiger partial charge on any atom is 0.271 e. The Hall–Kier alpha value is -1.34. The Morgan fingerprint density at radius 1 is 1.40 bits per heavy atom. The summed E-state index contributed by atoms with van der Waals surface area (Å²) in [7, 11) is 0. The molecule has 1 amide bonds. The van der Waals surface area contributed by atoms with Gasteiger partial charge in [-0.05, 0) is 19.1 Å². The van der Waals surface area contributed by atoms with Gasteiger partial charge in [-0.25, -0.2) is 10.8 Å². The fraction of sp³-hybridized carbons (Fsp3) is 0.615. The van der Waals surface area contributed by atoms with Crippen molar-refractivity contribution >= 4 is 23.5 Å². The first-order valence-corrected chi connectivity index (χ1v) is 8.04. The smallest absolute Gasteiger partial charge is 0.271 e. The average Bonchev–Trinajstić information content (AvgIpc) is 2.53. The van der Waals surface area contributed by atoms with Gasteiger partial charge in [0.25, 0.3) is 5.91 Å². The highest BCUT2D eigenvalue weighted by molar-refractivity contribution is 8.00. The van der Waals surface area contributed by atoms with Crippen LogP contribution in [0.2, 0.25) is 0 Å². The molecule has 0 saturated heterocycles. The van der Waals surface area contributed by atoms with Crippen molar-refractivity contribution in [3.63, 3.8) is 0 Å². The lowest BCUT2D eigenvalue weighted by molar-refractivity contribution is 0.0941. The van der Waals surface area contributed by atoms with Gasteiger partial charge in [0.2, 0.25) is 0 Å². The van der Waals surface area contributed by atoms with Crippen molar-refractivity contribution in [2.24, 2.45) is 5.84 Å². The summed E-state index contributed by atoms with van der Waals surface area (Å²) in [5, 5.41) is 2.98. The summed E-state index contributed by atoms with van der Waals surface area (Å²) >= 11 is 1.85. The van der Waals surface area contributed by atoms with Gasteiger partial charge in [0.15, 0.2) is 5.82 Å². The van der Waals surface area contributed by atoms with E-state index in [1.807, 2.05) is 11.8 Å². The van der Waals surface area contributed by atoms with Crippen LogP contribution in [0.3, 0.4) is 0 Å². The van der Waals surface area contributed by atoms with Crippen LogP contribution in [-0.2, 0) is 0 Å². The van der Waals surface area contributed by atoms with E-state index in [-0.39, 0.29) is 16.3 Å². The highest BCUT2D eigenvalue weighted by Gasteiger charge is 2.31. The average molecular weight is 295 g/mol. The third-order valence-electron chi connectivity index (χ3n) is 3.78. The first-order valence-electron chi connectivity index (χ1n) is 6.81. The van der Waals surface area contributed by atoms with Crippen LogP contribution in [0.5, 0.6) is 0 Å². The number of amides is 1. The summed E-state index contributed by atoms with van der Waals surface area (Å²) in [6.45, 7) is 0.676. The van der Waals surface area contributed by atoms with Crippen LogP contribution in [0.25, 0.3) is 0 Å². The van der Waals surface area contributed by atoms with Gasteiger partial charge >= 0.3 is 0 Å². The zero-order chi connectivity index (χ0) is 14.4. The Morgan fingerprint density at radius 3 is 2.80 bits per heavy atom. The number of nitrogens with zero attached hydrogens (tertiary/aromatic N) is 2. The highest BCUT2D eigenvalue weighted by atomic mass is 32.2. The van der Waals surface area contributed by atoms with Crippen LogP contribution < -0.4 is 16.6 Å². The minimum Gasteiger partial charge on any atom is -0.349 e. The normalized spacial score (nSPS) is 17.5. The number of nitrogen functional groups attached to an aromatic ring is 1. The topological polar surface area (TPSA) is 92.9 Å². The van der Waals surface area contributed by atoms with Crippen LogP contribution in [0.4, 0.5) is 5.82 Å². The molecular formula is C13H21N5OS. The molecule has 1 saturated carbocycles. The van der Waals surface area contributed by atoms with E-state index in [0.29, 0.717) is 12.4 Å². The van der Waals surface area contributed by atoms with Gasteiger partial charge in [-0.15, -0.1) is 0 Å². The quantitative estimate of drug-likeness (QED) is 0.564. The summed E-state index contributed by atoms with van der Waals surface area (Å²) in [5.74, 6) is 5.45. The lowest BCUT2D eigenvalue weighted by Gasteiger charge is -2.35. The number of nitrogens with one attached hydrogen (secondary N) is 2. The SMILES string of the molecule is CSC1(CNC(=O)c2cncc(NN)n2)CCCCC1. The molecule has 4 N–H and O–H groups in total. The Balaban J connectivity index is 1.96. The number of rotatable bonds is 5. The molecule has 0 atom stereocenters. The molecule has 1 aliphatic rings. The van der Waals surface area contributed by atoms with Crippen molar-refractivity contribution in [2.75, 3.05) is 18.2 Å². The van der Waals surface area contributed by atoms with E-state index in [2.05, 4.69) is 27.0 Å². The monoisotopic (exact) mass is 295 g/mol. The molecule has 0 spiro atoms. The Kier molecular flexibility index (Phi) is 5.19. The number of carbonyl (C=O) groups is 1. The molecule has 1 aromatic rings. The van der Waals surface area contributed by atoms with Crippen molar-refractivity contribution in [3.8, 4) is 0 Å². The summed E-state index contributed by atoms with van der Waals surface area (Å²) in [4.78, 5) is 20.1. The summed E-state index contributed by atoms with van der Waals surface area (Å²) in [5.41, 5.74) is 2.67. The van der Waals surface area contributed by atoms with Crippen molar-refractivity contribution in [3.05, 3.63) is 18.1 Å². The largest absolute Gasteiger partial charge is 0.349 e. The molecule has 20 heavy (non-hydrogen) atoms. The third kappa shape index (κ3) is 3.61. The third-order valence-corrected chi connectivity index (χ3v) is 5.20. The van der Waals surface area contributed by atoms with Crippen LogP contribution in [0.1, 0.15) is 42.6 Å². The lowest BCUT2D eigenvalue weighted by atomic mass is 9.88. The second-order valence-corrected chi connectivity index (χ2v) is 6.34. The minimum atomic E-state index is -0.200. The fourth-order valence-electron chi connectivity index (χ4n) is 2.53. The lowest BCUT2D eigenvalue weighted by Crippen LogP contribution is -2.42. The number of hydrogen-bond acceptors (Lipinski definition) is 6. The van der Waals surface area contributed by atoms with Gasteiger partial charge in [-0.2, -0.15) is 11.8 Å². The molecule has 6 nitrogen and oxygen atoms in total. The molecule has 1 aromatic heterocycles. The van der Waals surface area contributed by atoms with E-state index in [0.717, 1.165) is 12.8 Å². The summed E-state index contributed by atoms with van der Waals surface area (Å²) in [6.07, 6.45) is 11.1. The summed E-state index contributed by atoms with van der Waals surface area (Å²) < 4.78 is 0.172. The minimum absolute atomic E-state index is 0.172. The molecule has 0 unspecified atom stereocenters. The predicted molar refractivity (Wildman–Crippen MR) is 81.5 cm³/mol. The van der Waals surface area contributed by atoms with E-state index < -0.39 is 0 Å². The Labute approximate surface area is 123 Å². The second kappa shape index (κ2) is 6.90. The van der Waals surface area contributed by atoms with E-state index in [1.165, 1.54) is 31.7 Å². The van der Waals surface area contributed by atoms with Crippen molar-refractivity contribution in [1.29, 1.82) is 0 Å². The fourth-order valence-corrected chi connectivity index (χ4v) is 3.44. The summed E-state index contributed by atoms with van der Waals surface area (Å²) in [6, 6.07) is 0. The number of nitrogens with two attached hydrogens (primary N) is 1. The molecule has 0 radical (unpaired) electrons. The van der Waals surface area contributed by atoms with Gasteiger partial charge in [0, 0.05) is 11.3 Å². The Morgan fingerprint density at radius 2 is 2.15 bits per heavy atom. The number of aromatic nitrogens is 2. The highest BCUT2D eigenvalue weighted by Crippen LogP contribution is 2.37. The first-order chi connectivity index (χ1) is 9.69. The number of anilines is 1. The van der Waals surface area contributed by atoms with Crippen LogP contribution in [-0.4, -0.2) is 33.4 Å². The van der Waals surface area contributed by atoms with Crippen LogP contribution in [0, 0.1) is 0 Å². The van der Waals surface area contributed by atoms with E-state index in [9.17, 15) is 4.79 Å². The molecule has 2 rings (SSSR count). The zero-order valence-corrected chi connectivity index (χ0v) is 12.5. The van der Waals surface area contributed by atoms with Gasteiger partial charge in [0.05, 0.1) is 12.4 Å². The van der Waals surface area contributed by atoms with Gasteiger partial charge in [-0.1, -0.05) is 19.3 Å². The van der Waals surface area contributed by atoms with E-state index in [1.54, 1.807) is 0 Å². The van der Waals surface area contributed by atoms with Crippen molar-refractivity contribution in [1.82, 2.24) is 15.3 Å². The van der Waals surface area contributed by atoms with Crippen molar-refractivity contribution < 1.29 is 4.79 Å².